The summed E-state index contributed by atoms with van der Waals surface area (Å²) in [4.78, 5) is 15.2. The van der Waals surface area contributed by atoms with Crippen LogP contribution in [0.15, 0.2) is 71.9 Å². The van der Waals surface area contributed by atoms with E-state index in [4.69, 9.17) is 18.8 Å². The van der Waals surface area contributed by atoms with Gasteiger partial charge in [-0.15, -0.1) is 0 Å². The summed E-state index contributed by atoms with van der Waals surface area (Å²) in [7, 11) is 0. The summed E-state index contributed by atoms with van der Waals surface area (Å²) in [5.41, 5.74) is 6.77. The largest absolute Gasteiger partial charge is 0.457 e. The number of amidine groups is 1. The van der Waals surface area contributed by atoms with Crippen LogP contribution in [0.25, 0.3) is 0 Å². The van der Waals surface area contributed by atoms with Crippen LogP contribution in [0.3, 0.4) is 0 Å². The first kappa shape index (κ1) is 37.2. The Balaban J connectivity index is 1.43. The highest BCUT2D eigenvalue weighted by Gasteiger charge is 2.59. The van der Waals surface area contributed by atoms with E-state index in [0.717, 1.165) is 71.2 Å². The number of ether oxygens (including phenoxy) is 1. The lowest BCUT2D eigenvalue weighted by atomic mass is 9.64. The molecule has 0 bridgehead atoms. The first-order valence-corrected chi connectivity index (χ1v) is 21.4. The maximum Gasteiger partial charge on any atom is 0.137 e. The van der Waals surface area contributed by atoms with Crippen LogP contribution >= 0.6 is 0 Å². The summed E-state index contributed by atoms with van der Waals surface area (Å²) in [6, 6.07) is 22.3. The Hall–Kier alpha value is -4.12. The molecule has 1 aliphatic carbocycles. The molecule has 0 N–H and O–H groups in total. The molecule has 7 rings (SSSR count). The summed E-state index contributed by atoms with van der Waals surface area (Å²) in [6.07, 6.45) is 7.42. The Morgan fingerprint density at radius 2 is 1.40 bits per heavy atom. The number of aromatic nitrogens is 1. The Kier molecular flexibility index (Phi) is 8.96. The van der Waals surface area contributed by atoms with Gasteiger partial charge in [-0.1, -0.05) is 113 Å². The SMILES string of the molecule is [2H]C([2H])([2H])[C@]1(C(C)(C)C)N=C(c2cc(Oc3cc4c(cc3C)C(C)(C)c3cc(C)ccc3N4c3cc(C(C)(C)C)ccn3)cc(C(C)(C)C)c2)N(C2CCCCC2)C1(C)C. The molecule has 0 spiro atoms. The molecular weight excluding hydrogens is 697 g/mol. The highest BCUT2D eigenvalue weighted by atomic mass is 16.5. The number of nitrogens with zero attached hydrogens (tertiary/aromatic N) is 4. The molecule has 57 heavy (non-hydrogen) atoms. The van der Waals surface area contributed by atoms with Crippen LogP contribution in [-0.4, -0.2) is 32.8 Å². The Morgan fingerprint density at radius 1 is 0.737 bits per heavy atom. The minimum atomic E-state index is -2.34. The van der Waals surface area contributed by atoms with Gasteiger partial charge >= 0.3 is 0 Å². The van der Waals surface area contributed by atoms with Crippen molar-refractivity contribution in [1.82, 2.24) is 9.88 Å². The molecule has 4 aromatic rings. The van der Waals surface area contributed by atoms with E-state index in [-0.39, 0.29) is 22.3 Å². The van der Waals surface area contributed by atoms with E-state index in [9.17, 15) is 0 Å². The number of aliphatic imine (C=N–C) groups is 1. The van der Waals surface area contributed by atoms with Crippen molar-refractivity contribution in [3.63, 3.8) is 0 Å². The van der Waals surface area contributed by atoms with Crippen molar-refractivity contribution in [3.8, 4) is 11.5 Å². The van der Waals surface area contributed by atoms with E-state index < -0.39 is 23.3 Å². The summed E-state index contributed by atoms with van der Waals surface area (Å²) < 4.78 is 34.6. The van der Waals surface area contributed by atoms with Crippen LogP contribution in [0, 0.1) is 19.3 Å². The number of hydrogen-bond acceptors (Lipinski definition) is 5. The molecule has 5 nitrogen and oxygen atoms in total. The van der Waals surface area contributed by atoms with E-state index in [1.165, 1.54) is 28.7 Å². The Bertz CT molecular complexity index is 2310. The number of fused-ring (bicyclic) bond motifs is 2. The van der Waals surface area contributed by atoms with Crippen LogP contribution < -0.4 is 9.64 Å². The highest BCUT2D eigenvalue weighted by molar-refractivity contribution is 6.02. The maximum absolute atomic E-state index is 9.15. The molecule has 0 saturated heterocycles. The highest BCUT2D eigenvalue weighted by Crippen LogP contribution is 2.55. The minimum absolute atomic E-state index is 0.0512. The fourth-order valence-corrected chi connectivity index (χ4v) is 9.74. The molecule has 0 unspecified atom stereocenters. The molecule has 0 amide bonds. The van der Waals surface area contributed by atoms with Crippen molar-refractivity contribution in [2.75, 3.05) is 4.90 Å². The van der Waals surface area contributed by atoms with Gasteiger partial charge in [-0.25, -0.2) is 4.98 Å². The van der Waals surface area contributed by atoms with Crippen molar-refractivity contribution in [1.29, 1.82) is 0 Å². The van der Waals surface area contributed by atoms with Gasteiger partial charge in [-0.3, -0.25) is 9.89 Å². The summed E-state index contributed by atoms with van der Waals surface area (Å²) in [5.74, 6) is 3.11. The van der Waals surface area contributed by atoms with Crippen molar-refractivity contribution in [3.05, 3.63) is 106 Å². The lowest BCUT2D eigenvalue weighted by Crippen LogP contribution is -2.62. The van der Waals surface area contributed by atoms with Crippen LogP contribution in [-0.2, 0) is 16.2 Å². The van der Waals surface area contributed by atoms with Gasteiger partial charge in [0.15, 0.2) is 0 Å². The zero-order chi connectivity index (χ0) is 44.2. The van der Waals surface area contributed by atoms with Gasteiger partial charge in [-0.05, 0) is 134 Å². The van der Waals surface area contributed by atoms with E-state index in [1.54, 1.807) is 0 Å². The zero-order valence-electron chi connectivity index (χ0n) is 40.7. The molecule has 3 aromatic carbocycles. The van der Waals surface area contributed by atoms with Gasteiger partial charge in [0.2, 0.25) is 0 Å². The number of hydrogen-bond donors (Lipinski definition) is 0. The molecular formula is C52H70N4O. The molecule has 1 atom stereocenters. The van der Waals surface area contributed by atoms with Crippen LogP contribution in [0.1, 0.15) is 172 Å². The number of rotatable bonds is 5. The van der Waals surface area contributed by atoms with E-state index in [2.05, 4.69) is 154 Å². The predicted octanol–water partition coefficient (Wildman–Crippen LogP) is 14.2. The molecule has 1 aromatic heterocycles. The molecule has 3 heterocycles. The third kappa shape index (κ3) is 6.99. The smallest absolute Gasteiger partial charge is 0.137 e. The average molecular weight is 770 g/mol. The molecule has 5 heteroatoms. The average Bonchev–Trinajstić information content (AvgIpc) is 3.41. The fraction of sp³-hybridized carbons (Fsp3) is 0.538. The quantitative estimate of drug-likeness (QED) is 0.203. The number of benzene rings is 3. The molecule has 1 saturated carbocycles. The van der Waals surface area contributed by atoms with Crippen LogP contribution in [0.2, 0.25) is 0 Å². The van der Waals surface area contributed by atoms with Gasteiger partial charge in [-0.2, -0.15) is 0 Å². The van der Waals surface area contributed by atoms with Gasteiger partial charge < -0.3 is 9.64 Å². The predicted molar refractivity (Wildman–Crippen MR) is 242 cm³/mol. The zero-order valence-corrected chi connectivity index (χ0v) is 37.7. The minimum Gasteiger partial charge on any atom is -0.457 e. The van der Waals surface area contributed by atoms with Crippen molar-refractivity contribution < 1.29 is 8.85 Å². The molecule has 1 fully saturated rings. The maximum atomic E-state index is 9.15. The molecule has 2 aliphatic heterocycles. The van der Waals surface area contributed by atoms with Crippen molar-refractivity contribution in [2.45, 2.75) is 176 Å². The second-order valence-electron chi connectivity index (χ2n) is 21.5. The number of anilines is 3. The van der Waals surface area contributed by atoms with Gasteiger partial charge in [0, 0.05) is 33.4 Å². The van der Waals surface area contributed by atoms with Crippen LogP contribution in [0.5, 0.6) is 11.5 Å². The third-order valence-corrected chi connectivity index (χ3v) is 13.4. The van der Waals surface area contributed by atoms with Gasteiger partial charge in [0.05, 0.1) is 22.5 Å². The second-order valence-corrected chi connectivity index (χ2v) is 21.5. The van der Waals surface area contributed by atoms with Crippen molar-refractivity contribution >= 4 is 23.0 Å². The lowest BCUT2D eigenvalue weighted by Gasteiger charge is -2.52. The first-order chi connectivity index (χ1) is 27.6. The summed E-state index contributed by atoms with van der Waals surface area (Å²) in [5, 5.41) is 0. The number of aryl methyl sites for hydroxylation is 2. The summed E-state index contributed by atoms with van der Waals surface area (Å²) >= 11 is 0. The standard InChI is InChI=1S/C52H70N4O/c1-33-22-23-42-40(26-33)50(12,13)41-27-34(2)44(32-43(41)55(42)45-31-36(24-25-53-45)47(3,4)5)57-39-29-35(28-37(30-39)48(6,7)8)46-54-52(16,49(9,10)11)51(14,15)56(46)38-20-18-17-19-21-38/h22-32,38H,17-21H2,1-16H3/t52-/m1/s1/i16D3. The summed E-state index contributed by atoms with van der Waals surface area (Å²) in [6.45, 7) is 30.4. The van der Waals surface area contributed by atoms with E-state index in [0.29, 0.717) is 5.75 Å². The lowest BCUT2D eigenvalue weighted by molar-refractivity contribution is 0.0331. The Morgan fingerprint density at radius 3 is 2.04 bits per heavy atom. The van der Waals surface area contributed by atoms with Gasteiger partial charge in [0.25, 0.3) is 0 Å². The first-order valence-electron chi connectivity index (χ1n) is 22.9. The molecule has 3 aliphatic rings. The van der Waals surface area contributed by atoms with E-state index >= 15 is 0 Å². The molecule has 0 radical (unpaired) electrons. The molecule has 304 valence electrons. The number of pyridine rings is 1. The normalized spacial score (nSPS) is 21.9. The van der Waals surface area contributed by atoms with E-state index in [1.807, 2.05) is 27.0 Å². The third-order valence-electron chi connectivity index (χ3n) is 13.4. The topological polar surface area (TPSA) is 41.0 Å². The fourth-order valence-electron chi connectivity index (χ4n) is 9.74. The monoisotopic (exact) mass is 770 g/mol. The van der Waals surface area contributed by atoms with Gasteiger partial charge in [0.1, 0.15) is 23.2 Å². The van der Waals surface area contributed by atoms with Crippen LogP contribution in [0.4, 0.5) is 17.2 Å². The Labute approximate surface area is 349 Å². The van der Waals surface area contributed by atoms with Crippen molar-refractivity contribution in [2.24, 2.45) is 10.4 Å². The second kappa shape index (κ2) is 13.7.